The first-order valence-corrected chi connectivity index (χ1v) is 10.7. The van der Waals surface area contributed by atoms with Crippen molar-refractivity contribution < 1.29 is 18.7 Å². The van der Waals surface area contributed by atoms with Crippen LogP contribution in [0.1, 0.15) is 39.8 Å². The number of benzene rings is 2. The van der Waals surface area contributed by atoms with E-state index in [1.165, 1.54) is 12.1 Å². The summed E-state index contributed by atoms with van der Waals surface area (Å²) in [5.41, 5.74) is 2.42. The molecule has 0 radical (unpaired) electrons. The highest BCUT2D eigenvalue weighted by Crippen LogP contribution is 2.26. The number of ether oxygens (including phenoxy) is 1. The van der Waals surface area contributed by atoms with Gasteiger partial charge in [0.15, 0.2) is 0 Å². The van der Waals surface area contributed by atoms with E-state index in [-0.39, 0.29) is 30.0 Å². The fourth-order valence-corrected chi connectivity index (χ4v) is 3.86. The van der Waals surface area contributed by atoms with Crippen molar-refractivity contribution in [3.05, 3.63) is 83.2 Å². The van der Waals surface area contributed by atoms with Gasteiger partial charge in [-0.15, -0.1) is 0 Å². The highest BCUT2D eigenvalue weighted by atomic mass is 19.1. The number of anilines is 1. The lowest BCUT2D eigenvalue weighted by atomic mass is 10.1. The Morgan fingerprint density at radius 3 is 2.55 bits per heavy atom. The molecule has 1 N–H and O–H groups in total. The van der Waals surface area contributed by atoms with Crippen LogP contribution < -0.4 is 10.1 Å². The number of hydrogen-bond acceptors (Lipinski definition) is 5. The van der Waals surface area contributed by atoms with Gasteiger partial charge in [-0.25, -0.2) is 14.4 Å². The molecule has 0 aliphatic carbocycles. The minimum absolute atomic E-state index is 0.00341. The molecule has 0 bridgehead atoms. The average Bonchev–Trinajstić information content (AvgIpc) is 3.31. The SMILES string of the molecule is COc1ccc(NC(=O)c2cnc(C3CCN(C(=O)Cc4ccc(F)cc4)C3)nc2C)cc1. The molecule has 0 saturated carbocycles. The Labute approximate surface area is 191 Å². The summed E-state index contributed by atoms with van der Waals surface area (Å²) < 4.78 is 18.2. The number of hydrogen-bond donors (Lipinski definition) is 1. The average molecular weight is 448 g/mol. The molecular formula is C25H25FN4O3. The van der Waals surface area contributed by atoms with E-state index in [9.17, 15) is 14.0 Å². The molecule has 2 amide bonds. The summed E-state index contributed by atoms with van der Waals surface area (Å²) in [7, 11) is 1.58. The van der Waals surface area contributed by atoms with E-state index in [1.54, 1.807) is 61.5 Å². The fraction of sp³-hybridized carbons (Fsp3) is 0.280. The number of nitrogens with zero attached hydrogens (tertiary/aromatic N) is 3. The molecule has 2 aromatic carbocycles. The third-order valence-corrected chi connectivity index (χ3v) is 5.77. The second-order valence-corrected chi connectivity index (χ2v) is 8.04. The normalized spacial score (nSPS) is 15.4. The Bertz CT molecular complexity index is 1150. The monoisotopic (exact) mass is 448 g/mol. The molecular weight excluding hydrogens is 423 g/mol. The molecule has 0 spiro atoms. The lowest BCUT2D eigenvalue weighted by molar-refractivity contribution is -0.129. The molecule has 1 unspecified atom stereocenters. The van der Waals surface area contributed by atoms with Gasteiger partial charge in [-0.05, 0) is 55.3 Å². The van der Waals surface area contributed by atoms with E-state index < -0.39 is 0 Å². The number of nitrogens with one attached hydrogen (secondary N) is 1. The number of aryl methyl sites for hydroxylation is 1. The zero-order chi connectivity index (χ0) is 23.4. The summed E-state index contributed by atoms with van der Waals surface area (Å²) in [4.78, 5) is 36.1. The van der Waals surface area contributed by atoms with Gasteiger partial charge in [0.2, 0.25) is 5.91 Å². The van der Waals surface area contributed by atoms with Gasteiger partial charge in [0.1, 0.15) is 17.4 Å². The zero-order valence-electron chi connectivity index (χ0n) is 18.5. The predicted octanol–water partition coefficient (Wildman–Crippen LogP) is 3.74. The van der Waals surface area contributed by atoms with Crippen LogP contribution in [0.3, 0.4) is 0 Å². The van der Waals surface area contributed by atoms with Crippen LogP contribution in [0, 0.1) is 12.7 Å². The van der Waals surface area contributed by atoms with Crippen LogP contribution in [0.2, 0.25) is 0 Å². The Morgan fingerprint density at radius 2 is 1.88 bits per heavy atom. The number of rotatable bonds is 6. The number of aromatic nitrogens is 2. The Balaban J connectivity index is 1.37. The van der Waals surface area contributed by atoms with Gasteiger partial charge >= 0.3 is 0 Å². The quantitative estimate of drug-likeness (QED) is 0.621. The molecule has 1 saturated heterocycles. The molecule has 8 heteroatoms. The first kappa shape index (κ1) is 22.4. The lowest BCUT2D eigenvalue weighted by Gasteiger charge is -2.16. The number of likely N-dealkylation sites (tertiary alicyclic amines) is 1. The van der Waals surface area contributed by atoms with Crippen molar-refractivity contribution in [3.63, 3.8) is 0 Å². The van der Waals surface area contributed by atoms with Gasteiger partial charge in [-0.2, -0.15) is 0 Å². The lowest BCUT2D eigenvalue weighted by Crippen LogP contribution is -2.30. The standard InChI is InChI=1S/C25H25FN4O3/c1-16-22(25(32)29-20-7-9-21(33-2)10-8-20)14-27-24(28-16)18-11-12-30(15-18)23(31)13-17-3-5-19(26)6-4-17/h3-10,14,18H,11-13,15H2,1-2H3,(H,29,32). The molecule has 4 rings (SSSR count). The maximum Gasteiger partial charge on any atom is 0.259 e. The molecule has 33 heavy (non-hydrogen) atoms. The first-order chi connectivity index (χ1) is 15.9. The molecule has 1 aliphatic rings. The highest BCUT2D eigenvalue weighted by Gasteiger charge is 2.29. The van der Waals surface area contributed by atoms with E-state index in [1.807, 2.05) is 0 Å². The van der Waals surface area contributed by atoms with Crippen LogP contribution in [0.15, 0.2) is 54.7 Å². The van der Waals surface area contributed by atoms with E-state index >= 15 is 0 Å². The van der Waals surface area contributed by atoms with E-state index in [0.717, 1.165) is 12.0 Å². The second kappa shape index (κ2) is 9.77. The van der Waals surface area contributed by atoms with Gasteiger partial charge in [-0.1, -0.05) is 12.1 Å². The van der Waals surface area contributed by atoms with Gasteiger partial charge in [0, 0.05) is 30.9 Å². The van der Waals surface area contributed by atoms with Crippen molar-refractivity contribution in [1.29, 1.82) is 0 Å². The molecule has 1 aromatic heterocycles. The molecule has 1 atom stereocenters. The predicted molar refractivity (Wildman–Crippen MR) is 122 cm³/mol. The van der Waals surface area contributed by atoms with Crippen LogP contribution in [-0.4, -0.2) is 46.9 Å². The van der Waals surface area contributed by atoms with Crippen molar-refractivity contribution in [2.75, 3.05) is 25.5 Å². The minimum Gasteiger partial charge on any atom is -0.497 e. The van der Waals surface area contributed by atoms with Gasteiger partial charge < -0.3 is 15.0 Å². The van der Waals surface area contributed by atoms with Gasteiger partial charge in [-0.3, -0.25) is 9.59 Å². The van der Waals surface area contributed by atoms with Crippen molar-refractivity contribution in [3.8, 4) is 5.75 Å². The molecule has 3 aromatic rings. The summed E-state index contributed by atoms with van der Waals surface area (Å²) in [5.74, 6) is 0.743. The number of carbonyl (C=O) groups is 2. The summed E-state index contributed by atoms with van der Waals surface area (Å²) in [6, 6.07) is 13.0. The van der Waals surface area contributed by atoms with Gasteiger partial charge in [0.25, 0.3) is 5.91 Å². The minimum atomic E-state index is -0.318. The largest absolute Gasteiger partial charge is 0.497 e. The number of carbonyl (C=O) groups excluding carboxylic acids is 2. The number of halogens is 1. The number of methoxy groups -OCH3 is 1. The third kappa shape index (κ3) is 5.34. The Morgan fingerprint density at radius 1 is 1.15 bits per heavy atom. The van der Waals surface area contributed by atoms with Crippen molar-refractivity contribution in [2.45, 2.75) is 25.7 Å². The van der Waals surface area contributed by atoms with Crippen LogP contribution in [0.25, 0.3) is 0 Å². The van der Waals surface area contributed by atoms with E-state index in [2.05, 4.69) is 15.3 Å². The fourth-order valence-electron chi connectivity index (χ4n) is 3.86. The van der Waals surface area contributed by atoms with E-state index in [0.29, 0.717) is 41.6 Å². The zero-order valence-corrected chi connectivity index (χ0v) is 18.5. The van der Waals surface area contributed by atoms with Crippen molar-refractivity contribution >= 4 is 17.5 Å². The molecule has 2 heterocycles. The highest BCUT2D eigenvalue weighted by molar-refractivity contribution is 6.04. The maximum atomic E-state index is 13.1. The van der Waals surface area contributed by atoms with E-state index in [4.69, 9.17) is 4.74 Å². The van der Waals surface area contributed by atoms with Crippen molar-refractivity contribution in [1.82, 2.24) is 14.9 Å². The Hall–Kier alpha value is -3.81. The molecule has 7 nitrogen and oxygen atoms in total. The third-order valence-electron chi connectivity index (χ3n) is 5.77. The first-order valence-electron chi connectivity index (χ1n) is 10.7. The smallest absolute Gasteiger partial charge is 0.259 e. The summed E-state index contributed by atoms with van der Waals surface area (Å²) in [6.07, 6.45) is 2.53. The second-order valence-electron chi connectivity index (χ2n) is 8.04. The van der Waals surface area contributed by atoms with Crippen molar-refractivity contribution in [2.24, 2.45) is 0 Å². The van der Waals surface area contributed by atoms with Crippen LogP contribution >= 0.6 is 0 Å². The van der Waals surface area contributed by atoms with Gasteiger partial charge in [0.05, 0.1) is 24.8 Å². The van der Waals surface area contributed by atoms with Crippen LogP contribution in [0.4, 0.5) is 10.1 Å². The maximum absolute atomic E-state index is 13.1. The Kier molecular flexibility index (Phi) is 6.63. The molecule has 1 aliphatic heterocycles. The summed E-state index contributed by atoms with van der Waals surface area (Å²) in [6.45, 7) is 2.92. The number of amides is 2. The van der Waals surface area contributed by atoms with Crippen LogP contribution in [0.5, 0.6) is 5.75 Å². The molecule has 1 fully saturated rings. The van der Waals surface area contributed by atoms with Crippen LogP contribution in [-0.2, 0) is 11.2 Å². The molecule has 170 valence electrons. The topological polar surface area (TPSA) is 84.4 Å². The summed E-state index contributed by atoms with van der Waals surface area (Å²) in [5, 5.41) is 2.84. The summed E-state index contributed by atoms with van der Waals surface area (Å²) >= 11 is 0.